The van der Waals surface area contributed by atoms with E-state index in [1.807, 2.05) is 53.9 Å². The number of nitrogens with one attached hydrogen (secondary N) is 3. The van der Waals surface area contributed by atoms with Crippen LogP contribution in [-0.2, 0) is 11.3 Å². The number of hydrogen-bond donors (Lipinski definition) is 3. The molecular formula is C25H29N5O2S. The molecule has 0 unspecified atom stereocenters. The fraction of sp³-hybridized carbons (Fsp3) is 0.400. The van der Waals surface area contributed by atoms with Gasteiger partial charge in [-0.1, -0.05) is 18.2 Å². The van der Waals surface area contributed by atoms with Crippen LogP contribution in [-0.4, -0.2) is 53.4 Å². The Labute approximate surface area is 197 Å². The van der Waals surface area contributed by atoms with Crippen molar-refractivity contribution in [2.75, 3.05) is 25.5 Å². The monoisotopic (exact) mass is 463 g/mol. The third-order valence-electron chi connectivity index (χ3n) is 6.92. The van der Waals surface area contributed by atoms with Gasteiger partial charge >= 0.3 is 0 Å². The summed E-state index contributed by atoms with van der Waals surface area (Å²) in [4.78, 5) is 32.7. The summed E-state index contributed by atoms with van der Waals surface area (Å²) in [5, 5.41) is 13.2. The van der Waals surface area contributed by atoms with E-state index in [-0.39, 0.29) is 17.9 Å². The number of piperazine rings is 1. The van der Waals surface area contributed by atoms with E-state index in [9.17, 15) is 9.59 Å². The summed E-state index contributed by atoms with van der Waals surface area (Å²) in [6, 6.07) is 12.1. The highest BCUT2D eigenvalue weighted by Gasteiger charge is 2.45. The number of pyridine rings is 1. The fourth-order valence-corrected chi connectivity index (χ4v) is 5.80. The van der Waals surface area contributed by atoms with E-state index >= 15 is 0 Å². The average molecular weight is 464 g/mol. The smallest absolute Gasteiger partial charge is 0.263 e. The first-order chi connectivity index (χ1) is 16.1. The summed E-state index contributed by atoms with van der Waals surface area (Å²) < 4.78 is 0. The van der Waals surface area contributed by atoms with Crippen LogP contribution in [0, 0.1) is 0 Å². The first-order valence-electron chi connectivity index (χ1n) is 11.5. The minimum Gasteiger partial charge on any atom is -0.380 e. The maximum Gasteiger partial charge on any atom is 0.263 e. The summed E-state index contributed by atoms with van der Waals surface area (Å²) in [6.45, 7) is 2.20. The number of aromatic nitrogens is 1. The van der Waals surface area contributed by atoms with Gasteiger partial charge in [-0.15, -0.1) is 11.3 Å². The number of likely N-dealkylation sites (N-methyl/N-ethyl adjacent to an activating group) is 1. The molecule has 3 N–H and O–H groups in total. The molecule has 3 heterocycles. The van der Waals surface area contributed by atoms with Gasteiger partial charge in [0.25, 0.3) is 5.91 Å². The van der Waals surface area contributed by atoms with Crippen LogP contribution in [0.25, 0.3) is 10.9 Å². The van der Waals surface area contributed by atoms with E-state index in [0.29, 0.717) is 11.4 Å². The molecule has 1 aromatic carbocycles. The van der Waals surface area contributed by atoms with Gasteiger partial charge in [0, 0.05) is 44.3 Å². The zero-order valence-electron chi connectivity index (χ0n) is 18.8. The van der Waals surface area contributed by atoms with Crippen LogP contribution in [0.5, 0.6) is 0 Å². The molecular weight excluding hydrogens is 434 g/mol. The van der Waals surface area contributed by atoms with Gasteiger partial charge in [-0.25, -0.2) is 0 Å². The molecule has 1 aliphatic heterocycles. The van der Waals surface area contributed by atoms with E-state index in [2.05, 4.69) is 27.0 Å². The van der Waals surface area contributed by atoms with Crippen molar-refractivity contribution in [2.45, 2.75) is 43.8 Å². The van der Waals surface area contributed by atoms with E-state index in [4.69, 9.17) is 0 Å². The predicted molar refractivity (Wildman–Crippen MR) is 131 cm³/mol. The minimum absolute atomic E-state index is 0.0481. The van der Waals surface area contributed by atoms with Crippen molar-refractivity contribution in [2.24, 2.45) is 0 Å². The van der Waals surface area contributed by atoms with E-state index in [1.54, 1.807) is 0 Å². The number of anilines is 1. The van der Waals surface area contributed by atoms with Gasteiger partial charge in [0.1, 0.15) is 4.88 Å². The highest BCUT2D eigenvalue weighted by molar-refractivity contribution is 7.12. The molecule has 5 rings (SSSR count). The van der Waals surface area contributed by atoms with Crippen molar-refractivity contribution in [3.8, 4) is 0 Å². The third-order valence-corrected chi connectivity index (χ3v) is 7.83. The lowest BCUT2D eigenvalue weighted by molar-refractivity contribution is -0.141. The molecule has 0 bridgehead atoms. The van der Waals surface area contributed by atoms with Crippen LogP contribution >= 0.6 is 11.3 Å². The first-order valence-corrected chi connectivity index (χ1v) is 12.4. The van der Waals surface area contributed by atoms with Crippen molar-refractivity contribution in [3.05, 3.63) is 58.4 Å². The number of thiophene rings is 1. The van der Waals surface area contributed by atoms with Crippen molar-refractivity contribution in [1.82, 2.24) is 20.5 Å². The largest absolute Gasteiger partial charge is 0.380 e. The highest BCUT2D eigenvalue weighted by Crippen LogP contribution is 2.32. The van der Waals surface area contributed by atoms with Gasteiger partial charge < -0.3 is 20.9 Å². The zero-order chi connectivity index (χ0) is 22.8. The lowest BCUT2D eigenvalue weighted by Gasteiger charge is -2.45. The van der Waals surface area contributed by atoms with Gasteiger partial charge in [0.05, 0.1) is 16.7 Å². The van der Waals surface area contributed by atoms with Gasteiger partial charge in [-0.2, -0.15) is 0 Å². The normalized spacial score (nSPS) is 23.1. The third kappa shape index (κ3) is 4.32. The predicted octanol–water partition coefficient (Wildman–Crippen LogP) is 3.38. The molecule has 2 aromatic heterocycles. The van der Waals surface area contributed by atoms with Crippen molar-refractivity contribution < 1.29 is 9.59 Å². The van der Waals surface area contributed by atoms with Crippen LogP contribution in [0.3, 0.4) is 0 Å². The fourth-order valence-electron chi connectivity index (χ4n) is 5.03. The second kappa shape index (κ2) is 9.11. The number of carbonyl (C=O) groups is 2. The average Bonchev–Trinajstić information content (AvgIpc) is 3.31. The topological polar surface area (TPSA) is 86.4 Å². The Bertz CT molecular complexity index is 1160. The number of carbonyl (C=O) groups excluding carboxylic acids is 2. The standard InChI is InChI=1S/C25H29N5O2S/c1-30-14-13-28-25(24(30)32)10-6-18(7-11-25)29-23(31)22-21(9-15-33-22)27-16-17-8-12-26-20-5-3-2-4-19(17)20/h2-5,8-9,12,15,18,27-28H,6-7,10-11,13-14,16H2,1H3,(H,29,31)/t18-,25+. The van der Waals surface area contributed by atoms with Crippen LogP contribution < -0.4 is 16.0 Å². The number of nitrogens with zero attached hydrogens (tertiary/aromatic N) is 2. The Morgan fingerprint density at radius 1 is 1.24 bits per heavy atom. The Morgan fingerprint density at radius 2 is 2.06 bits per heavy atom. The molecule has 2 aliphatic rings. The van der Waals surface area contributed by atoms with Crippen LogP contribution in [0.2, 0.25) is 0 Å². The SMILES string of the molecule is CN1CCN[C@]2(CC[C@@H](NC(=O)c3sccc3NCc3ccnc4ccccc34)CC2)C1=O. The highest BCUT2D eigenvalue weighted by atomic mass is 32.1. The maximum absolute atomic E-state index is 13.1. The molecule has 1 saturated heterocycles. The van der Waals surface area contributed by atoms with Gasteiger partial charge in [0.2, 0.25) is 5.91 Å². The van der Waals surface area contributed by atoms with E-state index < -0.39 is 5.54 Å². The lowest BCUT2D eigenvalue weighted by Crippen LogP contribution is -2.65. The van der Waals surface area contributed by atoms with Crippen molar-refractivity contribution >= 4 is 39.7 Å². The van der Waals surface area contributed by atoms with Crippen LogP contribution in [0.1, 0.15) is 40.9 Å². The Morgan fingerprint density at radius 3 is 2.91 bits per heavy atom. The Hall–Kier alpha value is -2.97. The van der Waals surface area contributed by atoms with Crippen molar-refractivity contribution in [3.63, 3.8) is 0 Å². The van der Waals surface area contributed by atoms with E-state index in [0.717, 1.165) is 60.9 Å². The molecule has 172 valence electrons. The van der Waals surface area contributed by atoms with Gasteiger partial charge in [-0.3, -0.25) is 14.6 Å². The molecule has 1 saturated carbocycles. The molecule has 1 spiro atoms. The zero-order valence-corrected chi connectivity index (χ0v) is 19.6. The molecule has 33 heavy (non-hydrogen) atoms. The summed E-state index contributed by atoms with van der Waals surface area (Å²) in [5.74, 6) is 0.139. The summed E-state index contributed by atoms with van der Waals surface area (Å²) in [7, 11) is 1.87. The number of amides is 2. The number of para-hydroxylation sites is 1. The molecule has 0 radical (unpaired) electrons. The molecule has 3 aromatic rings. The summed E-state index contributed by atoms with van der Waals surface area (Å²) in [6.07, 6.45) is 4.93. The molecule has 2 amide bonds. The molecule has 0 atom stereocenters. The molecule has 2 fully saturated rings. The number of fused-ring (bicyclic) bond motifs is 1. The second-order valence-corrected chi connectivity index (χ2v) is 9.90. The number of rotatable bonds is 5. The maximum atomic E-state index is 13.1. The van der Waals surface area contributed by atoms with Gasteiger partial charge in [-0.05, 0) is 54.8 Å². The Kier molecular flexibility index (Phi) is 6.03. The van der Waals surface area contributed by atoms with Crippen LogP contribution in [0.4, 0.5) is 5.69 Å². The minimum atomic E-state index is -0.447. The molecule has 1 aliphatic carbocycles. The quantitative estimate of drug-likeness (QED) is 0.540. The number of hydrogen-bond acceptors (Lipinski definition) is 6. The van der Waals surface area contributed by atoms with E-state index in [1.165, 1.54) is 11.3 Å². The summed E-state index contributed by atoms with van der Waals surface area (Å²) >= 11 is 1.45. The number of benzene rings is 1. The lowest BCUT2D eigenvalue weighted by atomic mass is 9.77. The van der Waals surface area contributed by atoms with Crippen LogP contribution in [0.15, 0.2) is 48.0 Å². The Balaban J connectivity index is 1.21. The van der Waals surface area contributed by atoms with Gasteiger partial charge in [0.15, 0.2) is 0 Å². The summed E-state index contributed by atoms with van der Waals surface area (Å²) in [5.41, 5.74) is 2.51. The second-order valence-electron chi connectivity index (χ2n) is 8.99. The molecule has 8 heteroatoms. The first kappa shape index (κ1) is 21.9. The molecule has 7 nitrogen and oxygen atoms in total. The van der Waals surface area contributed by atoms with Crippen molar-refractivity contribution in [1.29, 1.82) is 0 Å².